The SMILES string of the molecule is NC(N)=NC(=NCCc1cccs1)N1CCCC1. The van der Waals surface area contributed by atoms with Crippen LogP contribution in [0.4, 0.5) is 0 Å². The molecule has 0 unspecified atom stereocenters. The average molecular weight is 265 g/mol. The highest BCUT2D eigenvalue weighted by molar-refractivity contribution is 7.09. The van der Waals surface area contributed by atoms with Crippen molar-refractivity contribution in [2.45, 2.75) is 19.3 Å². The predicted octanol–water partition coefficient (Wildman–Crippen LogP) is 1.02. The highest BCUT2D eigenvalue weighted by Gasteiger charge is 2.15. The molecule has 18 heavy (non-hydrogen) atoms. The second-order valence-corrected chi connectivity index (χ2v) is 5.27. The monoisotopic (exact) mass is 265 g/mol. The second-order valence-electron chi connectivity index (χ2n) is 4.24. The van der Waals surface area contributed by atoms with Crippen molar-refractivity contribution >= 4 is 23.3 Å². The third-order valence-electron chi connectivity index (χ3n) is 2.81. The first kappa shape index (κ1) is 12.9. The second kappa shape index (κ2) is 6.39. The number of thiophene rings is 1. The van der Waals surface area contributed by atoms with Crippen LogP contribution in [0.2, 0.25) is 0 Å². The molecule has 2 heterocycles. The van der Waals surface area contributed by atoms with Gasteiger partial charge in [0.25, 0.3) is 0 Å². The molecule has 98 valence electrons. The molecule has 0 amide bonds. The molecule has 0 aliphatic carbocycles. The summed E-state index contributed by atoms with van der Waals surface area (Å²) in [5, 5.41) is 2.08. The van der Waals surface area contributed by atoms with Gasteiger partial charge in [-0.15, -0.1) is 11.3 Å². The van der Waals surface area contributed by atoms with Crippen LogP contribution < -0.4 is 11.5 Å². The molecule has 0 atom stereocenters. The maximum Gasteiger partial charge on any atom is 0.223 e. The van der Waals surface area contributed by atoms with Crippen LogP contribution in [0.25, 0.3) is 0 Å². The number of rotatable bonds is 3. The van der Waals surface area contributed by atoms with Crippen molar-refractivity contribution in [2.24, 2.45) is 21.5 Å². The molecule has 0 aromatic carbocycles. The Balaban J connectivity index is 1.96. The first-order chi connectivity index (χ1) is 8.75. The number of nitrogens with zero attached hydrogens (tertiary/aromatic N) is 3. The normalized spacial score (nSPS) is 16.0. The third-order valence-corrected chi connectivity index (χ3v) is 3.75. The Labute approximate surface area is 111 Å². The number of hydrogen-bond acceptors (Lipinski definition) is 2. The molecular weight excluding hydrogens is 246 g/mol. The molecule has 6 heteroatoms. The lowest BCUT2D eigenvalue weighted by atomic mass is 10.3. The van der Waals surface area contributed by atoms with E-state index in [2.05, 4.69) is 32.4 Å². The first-order valence-electron chi connectivity index (χ1n) is 6.17. The number of aliphatic imine (C=N–C) groups is 2. The smallest absolute Gasteiger partial charge is 0.223 e. The number of nitrogens with two attached hydrogens (primary N) is 2. The quantitative estimate of drug-likeness (QED) is 0.632. The van der Waals surface area contributed by atoms with E-state index in [1.54, 1.807) is 11.3 Å². The summed E-state index contributed by atoms with van der Waals surface area (Å²) in [6, 6.07) is 4.18. The summed E-state index contributed by atoms with van der Waals surface area (Å²) in [5.41, 5.74) is 10.9. The summed E-state index contributed by atoms with van der Waals surface area (Å²) in [6.07, 6.45) is 3.31. The van der Waals surface area contributed by atoms with Crippen LogP contribution in [-0.4, -0.2) is 36.5 Å². The zero-order valence-electron chi connectivity index (χ0n) is 10.4. The maximum absolute atomic E-state index is 5.45. The summed E-state index contributed by atoms with van der Waals surface area (Å²) < 4.78 is 0. The molecule has 0 spiro atoms. The van der Waals surface area contributed by atoms with Crippen LogP contribution in [0, 0.1) is 0 Å². The molecule has 1 aromatic heterocycles. The van der Waals surface area contributed by atoms with E-state index in [1.165, 1.54) is 17.7 Å². The lowest BCUT2D eigenvalue weighted by molar-refractivity contribution is 0.510. The van der Waals surface area contributed by atoms with E-state index < -0.39 is 0 Å². The number of likely N-dealkylation sites (tertiary alicyclic amines) is 1. The van der Waals surface area contributed by atoms with Crippen molar-refractivity contribution in [3.8, 4) is 0 Å². The Hall–Kier alpha value is -1.56. The van der Waals surface area contributed by atoms with E-state index in [0.29, 0.717) is 5.96 Å². The van der Waals surface area contributed by atoms with Crippen LogP contribution in [0.3, 0.4) is 0 Å². The molecule has 1 aliphatic rings. The molecule has 0 radical (unpaired) electrons. The topological polar surface area (TPSA) is 80.0 Å². The van der Waals surface area contributed by atoms with Crippen molar-refractivity contribution in [1.82, 2.24) is 4.90 Å². The Morgan fingerprint density at radius 2 is 2.11 bits per heavy atom. The van der Waals surface area contributed by atoms with Crippen molar-refractivity contribution < 1.29 is 0 Å². The fourth-order valence-electron chi connectivity index (χ4n) is 1.96. The van der Waals surface area contributed by atoms with Gasteiger partial charge in [-0.05, 0) is 24.3 Å². The molecule has 5 nitrogen and oxygen atoms in total. The summed E-state index contributed by atoms with van der Waals surface area (Å²) >= 11 is 1.75. The molecule has 4 N–H and O–H groups in total. The van der Waals surface area contributed by atoms with Gasteiger partial charge in [-0.3, -0.25) is 4.99 Å². The van der Waals surface area contributed by atoms with Gasteiger partial charge in [0.15, 0.2) is 5.96 Å². The van der Waals surface area contributed by atoms with Crippen LogP contribution in [0.1, 0.15) is 17.7 Å². The lowest BCUT2D eigenvalue weighted by Crippen LogP contribution is -2.32. The number of guanidine groups is 2. The van der Waals surface area contributed by atoms with Crippen LogP contribution in [-0.2, 0) is 6.42 Å². The zero-order valence-corrected chi connectivity index (χ0v) is 11.2. The zero-order chi connectivity index (χ0) is 12.8. The van der Waals surface area contributed by atoms with Gasteiger partial charge in [0.2, 0.25) is 5.96 Å². The highest BCUT2D eigenvalue weighted by Crippen LogP contribution is 2.11. The summed E-state index contributed by atoms with van der Waals surface area (Å²) in [7, 11) is 0. The summed E-state index contributed by atoms with van der Waals surface area (Å²) in [4.78, 5) is 12.1. The van der Waals surface area contributed by atoms with Crippen LogP contribution >= 0.6 is 11.3 Å². The van der Waals surface area contributed by atoms with Gasteiger partial charge < -0.3 is 16.4 Å². The van der Waals surface area contributed by atoms with Gasteiger partial charge in [0, 0.05) is 30.9 Å². The van der Waals surface area contributed by atoms with E-state index in [9.17, 15) is 0 Å². The molecule has 2 rings (SSSR count). The van der Waals surface area contributed by atoms with Crippen molar-refractivity contribution in [2.75, 3.05) is 19.6 Å². The molecular formula is C12H19N5S. The fourth-order valence-corrected chi connectivity index (χ4v) is 2.66. The summed E-state index contributed by atoms with van der Waals surface area (Å²) in [6.45, 7) is 2.71. The Morgan fingerprint density at radius 3 is 2.72 bits per heavy atom. The van der Waals surface area contributed by atoms with E-state index in [1.807, 2.05) is 0 Å². The van der Waals surface area contributed by atoms with E-state index in [0.717, 1.165) is 26.1 Å². The van der Waals surface area contributed by atoms with Gasteiger partial charge in [-0.2, -0.15) is 4.99 Å². The van der Waals surface area contributed by atoms with Crippen LogP contribution in [0.15, 0.2) is 27.5 Å². The van der Waals surface area contributed by atoms with E-state index in [-0.39, 0.29) is 5.96 Å². The molecule has 1 aromatic rings. The van der Waals surface area contributed by atoms with Gasteiger partial charge in [-0.1, -0.05) is 6.07 Å². The van der Waals surface area contributed by atoms with Crippen molar-refractivity contribution in [3.63, 3.8) is 0 Å². The largest absolute Gasteiger partial charge is 0.370 e. The van der Waals surface area contributed by atoms with Crippen LogP contribution in [0.5, 0.6) is 0 Å². The molecule has 0 saturated carbocycles. The molecule has 1 aliphatic heterocycles. The predicted molar refractivity (Wildman–Crippen MR) is 76.9 cm³/mol. The number of hydrogen-bond donors (Lipinski definition) is 2. The minimum absolute atomic E-state index is 0.0803. The molecule has 0 bridgehead atoms. The Bertz CT molecular complexity index is 414. The Kier molecular flexibility index (Phi) is 4.58. The maximum atomic E-state index is 5.45. The summed E-state index contributed by atoms with van der Waals surface area (Å²) in [5.74, 6) is 0.765. The first-order valence-corrected chi connectivity index (χ1v) is 7.05. The van der Waals surface area contributed by atoms with Gasteiger partial charge in [-0.25, -0.2) is 0 Å². The molecule has 1 saturated heterocycles. The Morgan fingerprint density at radius 1 is 1.33 bits per heavy atom. The van der Waals surface area contributed by atoms with Gasteiger partial charge >= 0.3 is 0 Å². The standard InChI is InChI=1S/C12H19N5S/c13-11(14)16-12(17-7-1-2-8-17)15-6-5-10-4-3-9-18-10/h3-4,9H,1-2,5-8H2,(H4,13,14,15,16). The van der Waals surface area contributed by atoms with Crippen molar-refractivity contribution in [1.29, 1.82) is 0 Å². The fraction of sp³-hybridized carbons (Fsp3) is 0.500. The van der Waals surface area contributed by atoms with E-state index in [4.69, 9.17) is 11.5 Å². The van der Waals surface area contributed by atoms with Gasteiger partial charge in [0.1, 0.15) is 0 Å². The minimum Gasteiger partial charge on any atom is -0.370 e. The average Bonchev–Trinajstić information content (AvgIpc) is 3.00. The van der Waals surface area contributed by atoms with Crippen molar-refractivity contribution in [3.05, 3.63) is 22.4 Å². The van der Waals surface area contributed by atoms with Gasteiger partial charge in [0.05, 0.1) is 0 Å². The highest BCUT2D eigenvalue weighted by atomic mass is 32.1. The lowest BCUT2D eigenvalue weighted by Gasteiger charge is -2.16. The minimum atomic E-state index is 0.0803. The van der Waals surface area contributed by atoms with E-state index >= 15 is 0 Å². The third kappa shape index (κ3) is 3.73. The molecule has 1 fully saturated rings.